The molecule has 0 saturated carbocycles. The summed E-state index contributed by atoms with van der Waals surface area (Å²) in [4.78, 5) is 9.89. The number of nitro groups is 1. The van der Waals surface area contributed by atoms with E-state index in [0.29, 0.717) is 4.47 Å². The van der Waals surface area contributed by atoms with E-state index in [4.69, 9.17) is 0 Å². The highest BCUT2D eigenvalue weighted by Gasteiger charge is 2.18. The Morgan fingerprint density at radius 2 is 1.81 bits per heavy atom. The Bertz CT molecular complexity index is 807. The monoisotopic (exact) mass is 371 g/mol. The van der Waals surface area contributed by atoms with Gasteiger partial charge in [0.15, 0.2) is 0 Å². The lowest BCUT2D eigenvalue weighted by Crippen LogP contribution is -2.15. The Hall–Kier alpha value is -2.13. The fraction of sp³-hybridized carbons (Fsp3) is 0. The highest BCUT2D eigenvalue weighted by Crippen LogP contribution is 2.29. The molecular formula is C12H8BrN2O5S-. The van der Waals surface area contributed by atoms with Gasteiger partial charge in [0.05, 0.1) is 4.92 Å². The molecule has 0 bridgehead atoms. The van der Waals surface area contributed by atoms with Crippen LogP contribution in [0.1, 0.15) is 0 Å². The largest absolute Gasteiger partial charge is 0.871 e. The maximum atomic E-state index is 12.2. The summed E-state index contributed by atoms with van der Waals surface area (Å²) >= 11 is 3.10. The second kappa shape index (κ2) is 5.70. The van der Waals surface area contributed by atoms with Gasteiger partial charge in [0.25, 0.3) is 15.7 Å². The first-order valence-electron chi connectivity index (χ1n) is 5.54. The van der Waals surface area contributed by atoms with Crippen LogP contribution in [0.25, 0.3) is 0 Å². The Morgan fingerprint density at radius 1 is 1.14 bits per heavy atom. The summed E-state index contributed by atoms with van der Waals surface area (Å²) in [5, 5.41) is 22.3. The van der Waals surface area contributed by atoms with Crippen molar-refractivity contribution in [2.45, 2.75) is 4.90 Å². The summed E-state index contributed by atoms with van der Waals surface area (Å²) < 4.78 is 26.8. The summed E-state index contributed by atoms with van der Waals surface area (Å²) in [5.41, 5.74) is -0.751. The smallest absolute Gasteiger partial charge is 0.271 e. The van der Waals surface area contributed by atoms with E-state index in [1.165, 1.54) is 18.2 Å². The molecule has 2 rings (SSSR count). The second-order valence-electron chi connectivity index (χ2n) is 3.97. The van der Waals surface area contributed by atoms with Crippen molar-refractivity contribution in [3.8, 4) is 5.75 Å². The van der Waals surface area contributed by atoms with Crippen LogP contribution in [0.4, 0.5) is 11.4 Å². The summed E-state index contributed by atoms with van der Waals surface area (Å²) in [6.45, 7) is 0. The van der Waals surface area contributed by atoms with Gasteiger partial charge in [-0.1, -0.05) is 23.9 Å². The van der Waals surface area contributed by atoms with Crippen molar-refractivity contribution in [3.63, 3.8) is 0 Å². The topological polar surface area (TPSA) is 112 Å². The van der Waals surface area contributed by atoms with Crippen molar-refractivity contribution in [1.82, 2.24) is 0 Å². The molecule has 2 aromatic carbocycles. The lowest BCUT2D eigenvalue weighted by Gasteiger charge is -2.15. The van der Waals surface area contributed by atoms with Gasteiger partial charge in [-0.05, 0) is 28.1 Å². The molecule has 0 aliphatic heterocycles. The number of benzene rings is 2. The fourth-order valence-corrected chi connectivity index (χ4v) is 3.64. The van der Waals surface area contributed by atoms with Gasteiger partial charge in [-0.25, -0.2) is 8.42 Å². The van der Waals surface area contributed by atoms with Crippen LogP contribution < -0.4 is 9.83 Å². The van der Waals surface area contributed by atoms with Crippen LogP contribution in [-0.4, -0.2) is 13.3 Å². The molecule has 7 nitrogen and oxygen atoms in total. The van der Waals surface area contributed by atoms with E-state index < -0.39 is 20.7 Å². The molecular weight excluding hydrogens is 364 g/mol. The lowest BCUT2D eigenvalue weighted by molar-refractivity contribution is -0.385. The van der Waals surface area contributed by atoms with Crippen molar-refractivity contribution < 1.29 is 18.4 Å². The molecule has 0 unspecified atom stereocenters. The van der Waals surface area contributed by atoms with Crippen LogP contribution in [-0.2, 0) is 10.0 Å². The number of halogens is 1. The van der Waals surface area contributed by atoms with E-state index in [1.54, 1.807) is 6.07 Å². The number of rotatable bonds is 4. The first kappa shape index (κ1) is 15.3. The highest BCUT2D eigenvalue weighted by atomic mass is 79.9. The highest BCUT2D eigenvalue weighted by molar-refractivity contribution is 9.10. The zero-order valence-corrected chi connectivity index (χ0v) is 12.7. The van der Waals surface area contributed by atoms with Crippen molar-refractivity contribution >= 4 is 37.3 Å². The molecule has 1 N–H and O–H groups in total. The van der Waals surface area contributed by atoms with E-state index in [2.05, 4.69) is 20.7 Å². The predicted molar refractivity (Wildman–Crippen MR) is 77.5 cm³/mol. The van der Waals surface area contributed by atoms with Crippen LogP contribution in [0.2, 0.25) is 0 Å². The number of anilines is 1. The third-order valence-corrected chi connectivity index (χ3v) is 4.92. The van der Waals surface area contributed by atoms with Gasteiger partial charge < -0.3 is 5.11 Å². The summed E-state index contributed by atoms with van der Waals surface area (Å²) in [7, 11) is -4.03. The second-order valence-corrected chi connectivity index (χ2v) is 6.48. The molecule has 0 aliphatic rings. The third-order valence-electron chi connectivity index (χ3n) is 2.54. The third kappa shape index (κ3) is 3.31. The predicted octanol–water partition coefficient (Wildman–Crippen LogP) is 2.23. The van der Waals surface area contributed by atoms with Gasteiger partial charge in [0.2, 0.25) is 0 Å². The van der Waals surface area contributed by atoms with Crippen LogP contribution in [0.5, 0.6) is 5.75 Å². The molecule has 0 spiro atoms. The van der Waals surface area contributed by atoms with Gasteiger partial charge >= 0.3 is 0 Å². The first-order valence-corrected chi connectivity index (χ1v) is 7.81. The molecule has 0 radical (unpaired) electrons. The molecule has 110 valence electrons. The van der Waals surface area contributed by atoms with E-state index in [9.17, 15) is 23.6 Å². The number of hydrogen-bond donors (Lipinski definition) is 1. The molecule has 0 aliphatic carbocycles. The van der Waals surface area contributed by atoms with Gasteiger partial charge in [-0.15, -0.1) is 0 Å². The number of nitro benzene ring substituents is 1. The van der Waals surface area contributed by atoms with Crippen molar-refractivity contribution in [2.24, 2.45) is 0 Å². The quantitative estimate of drug-likeness (QED) is 0.653. The van der Waals surface area contributed by atoms with Crippen molar-refractivity contribution in [3.05, 3.63) is 57.1 Å². The first-order chi connectivity index (χ1) is 9.81. The molecule has 9 heteroatoms. The fourth-order valence-electron chi connectivity index (χ4n) is 1.57. The average molecular weight is 372 g/mol. The maximum absolute atomic E-state index is 12.2. The number of non-ortho nitro benzene ring substituents is 1. The number of sulfonamides is 1. The molecule has 0 saturated heterocycles. The van der Waals surface area contributed by atoms with Gasteiger partial charge in [0.1, 0.15) is 4.90 Å². The summed E-state index contributed by atoms with van der Waals surface area (Å²) in [6, 6.07) is 8.86. The minimum Gasteiger partial charge on any atom is -0.871 e. The molecule has 0 fully saturated rings. The summed E-state index contributed by atoms with van der Waals surface area (Å²) in [6.07, 6.45) is 0. The molecule has 2 aromatic rings. The number of nitrogens with one attached hydrogen (secondary N) is 1. The van der Waals surface area contributed by atoms with Crippen molar-refractivity contribution in [1.29, 1.82) is 0 Å². The number of hydrogen-bond acceptors (Lipinski definition) is 5. The minimum absolute atomic E-state index is 0.0732. The van der Waals surface area contributed by atoms with Crippen LogP contribution >= 0.6 is 15.9 Å². The number of nitrogens with zero attached hydrogens (tertiary/aromatic N) is 1. The van der Waals surface area contributed by atoms with Crippen LogP contribution in [0, 0.1) is 10.1 Å². The zero-order chi connectivity index (χ0) is 15.6. The van der Waals surface area contributed by atoms with Crippen LogP contribution in [0.3, 0.4) is 0 Å². The summed E-state index contributed by atoms with van der Waals surface area (Å²) in [5.74, 6) is -0.656. The Labute approximate surface area is 128 Å². The zero-order valence-electron chi connectivity index (χ0n) is 10.3. The Morgan fingerprint density at radius 3 is 2.43 bits per heavy atom. The lowest BCUT2D eigenvalue weighted by atomic mass is 10.2. The Kier molecular flexibility index (Phi) is 4.14. The molecule has 0 amide bonds. The molecule has 21 heavy (non-hydrogen) atoms. The van der Waals surface area contributed by atoms with Crippen molar-refractivity contribution in [2.75, 3.05) is 4.72 Å². The molecule has 0 aromatic heterocycles. The SMILES string of the molecule is O=[N+]([O-])c1ccc([O-])c(NS(=O)(=O)c2ccccc2Br)c1. The molecule has 0 heterocycles. The van der Waals surface area contributed by atoms with Crippen LogP contribution in [0.15, 0.2) is 51.8 Å². The standard InChI is InChI=1S/C12H9BrN2O5S/c13-9-3-1-2-4-12(9)21(19,20)14-10-7-8(15(17)18)5-6-11(10)16/h1-7,14,16H/p-1. The van der Waals surface area contributed by atoms with E-state index in [1.807, 2.05) is 0 Å². The molecule has 0 atom stereocenters. The van der Waals surface area contributed by atoms with Gasteiger partial charge in [-0.3, -0.25) is 14.8 Å². The van der Waals surface area contributed by atoms with E-state index >= 15 is 0 Å². The normalized spacial score (nSPS) is 11.1. The van der Waals surface area contributed by atoms with E-state index in [0.717, 1.165) is 18.2 Å². The van der Waals surface area contributed by atoms with E-state index in [-0.39, 0.29) is 16.3 Å². The maximum Gasteiger partial charge on any atom is 0.271 e. The van der Waals surface area contributed by atoms with Gasteiger partial charge in [-0.2, -0.15) is 0 Å². The minimum atomic E-state index is -4.03. The average Bonchev–Trinajstić information content (AvgIpc) is 2.41. The Balaban J connectivity index is 2.44. The van der Waals surface area contributed by atoms with Gasteiger partial charge in [0, 0.05) is 22.3 Å².